The van der Waals surface area contributed by atoms with Crippen molar-refractivity contribution in [3.8, 4) is 0 Å². The molecule has 7 heteroatoms. The Labute approximate surface area is 128 Å². The standard InChI is InChI=1S/C15H19N3O4/c1-3-13(20)17-8-9-18(14(21)10-17)15-7-5-11(22-15)4-6-12(19)16-2/h3,5,7H,1,4,6,8-10H2,2H3,(H,16,19). The van der Waals surface area contributed by atoms with Gasteiger partial charge >= 0.3 is 0 Å². The number of hydrogen-bond acceptors (Lipinski definition) is 4. The Hall–Kier alpha value is -2.57. The van der Waals surface area contributed by atoms with Crippen LogP contribution in [0, 0.1) is 0 Å². The second kappa shape index (κ2) is 6.93. The van der Waals surface area contributed by atoms with E-state index in [2.05, 4.69) is 11.9 Å². The Kier molecular flexibility index (Phi) is 4.98. The smallest absolute Gasteiger partial charge is 0.248 e. The van der Waals surface area contributed by atoms with E-state index >= 15 is 0 Å². The Morgan fingerprint density at radius 2 is 2.18 bits per heavy atom. The van der Waals surface area contributed by atoms with Gasteiger partial charge in [-0.3, -0.25) is 19.3 Å². The van der Waals surface area contributed by atoms with Crippen LogP contribution in [0.1, 0.15) is 12.2 Å². The fraction of sp³-hybridized carbons (Fsp3) is 0.400. The van der Waals surface area contributed by atoms with Crippen LogP contribution >= 0.6 is 0 Å². The SMILES string of the molecule is C=CC(=O)N1CCN(c2ccc(CCC(=O)NC)o2)C(=O)C1. The molecule has 0 aromatic carbocycles. The van der Waals surface area contributed by atoms with E-state index in [0.29, 0.717) is 37.6 Å². The molecule has 0 atom stereocenters. The predicted molar refractivity (Wildman–Crippen MR) is 80.2 cm³/mol. The van der Waals surface area contributed by atoms with Crippen LogP contribution in [0.5, 0.6) is 0 Å². The summed E-state index contributed by atoms with van der Waals surface area (Å²) in [4.78, 5) is 37.8. The lowest BCUT2D eigenvalue weighted by Crippen LogP contribution is -2.52. The molecular weight excluding hydrogens is 286 g/mol. The summed E-state index contributed by atoms with van der Waals surface area (Å²) in [6, 6.07) is 3.47. The zero-order valence-corrected chi connectivity index (χ0v) is 12.5. The normalized spacial score (nSPS) is 14.9. The van der Waals surface area contributed by atoms with E-state index < -0.39 is 0 Å². The number of furan rings is 1. The highest BCUT2D eigenvalue weighted by Gasteiger charge is 2.28. The third kappa shape index (κ3) is 3.55. The van der Waals surface area contributed by atoms with Gasteiger partial charge in [0, 0.05) is 39.0 Å². The van der Waals surface area contributed by atoms with Crippen molar-refractivity contribution in [2.24, 2.45) is 0 Å². The van der Waals surface area contributed by atoms with E-state index in [9.17, 15) is 14.4 Å². The molecule has 1 saturated heterocycles. The van der Waals surface area contributed by atoms with Gasteiger partial charge in [-0.2, -0.15) is 0 Å². The fourth-order valence-corrected chi connectivity index (χ4v) is 2.23. The molecular formula is C15H19N3O4. The quantitative estimate of drug-likeness (QED) is 0.794. The van der Waals surface area contributed by atoms with E-state index in [0.717, 1.165) is 0 Å². The fourth-order valence-electron chi connectivity index (χ4n) is 2.23. The summed E-state index contributed by atoms with van der Waals surface area (Å²) < 4.78 is 5.61. The topological polar surface area (TPSA) is 82.9 Å². The van der Waals surface area contributed by atoms with Crippen LogP contribution in [0.4, 0.5) is 5.88 Å². The summed E-state index contributed by atoms with van der Waals surface area (Å²) in [5, 5.41) is 2.54. The Bertz CT molecular complexity index is 593. The molecule has 0 bridgehead atoms. The van der Waals surface area contributed by atoms with E-state index in [1.807, 2.05) is 0 Å². The van der Waals surface area contributed by atoms with Crippen molar-refractivity contribution in [2.45, 2.75) is 12.8 Å². The first kappa shape index (κ1) is 15.8. The van der Waals surface area contributed by atoms with Crippen LogP contribution in [0.15, 0.2) is 29.2 Å². The maximum atomic E-state index is 12.1. The third-order valence-electron chi connectivity index (χ3n) is 3.50. The highest BCUT2D eigenvalue weighted by molar-refractivity contribution is 5.98. The summed E-state index contributed by atoms with van der Waals surface area (Å²) in [7, 11) is 1.58. The molecule has 2 heterocycles. The van der Waals surface area contributed by atoms with Crippen molar-refractivity contribution in [2.75, 3.05) is 31.6 Å². The van der Waals surface area contributed by atoms with Gasteiger partial charge in [0.1, 0.15) is 12.3 Å². The molecule has 0 saturated carbocycles. The number of hydrogen-bond donors (Lipinski definition) is 1. The van der Waals surface area contributed by atoms with Crippen molar-refractivity contribution >= 4 is 23.6 Å². The van der Waals surface area contributed by atoms with Crippen molar-refractivity contribution in [1.29, 1.82) is 0 Å². The third-order valence-corrected chi connectivity index (χ3v) is 3.50. The Morgan fingerprint density at radius 1 is 1.41 bits per heavy atom. The molecule has 118 valence electrons. The maximum Gasteiger partial charge on any atom is 0.248 e. The first-order valence-corrected chi connectivity index (χ1v) is 7.06. The van der Waals surface area contributed by atoms with E-state index in [4.69, 9.17) is 4.42 Å². The van der Waals surface area contributed by atoms with E-state index in [1.165, 1.54) is 15.9 Å². The van der Waals surface area contributed by atoms with Crippen LogP contribution in [0.2, 0.25) is 0 Å². The van der Waals surface area contributed by atoms with Crippen LogP contribution in [-0.4, -0.2) is 49.3 Å². The summed E-state index contributed by atoms with van der Waals surface area (Å²) in [6.07, 6.45) is 2.01. The minimum atomic E-state index is -0.251. The lowest BCUT2D eigenvalue weighted by Gasteiger charge is -2.32. The molecule has 7 nitrogen and oxygen atoms in total. The maximum absolute atomic E-state index is 12.1. The second-order valence-corrected chi connectivity index (χ2v) is 4.92. The number of carbonyl (C=O) groups excluding carboxylic acids is 3. The molecule has 0 spiro atoms. The first-order valence-electron chi connectivity index (χ1n) is 7.06. The molecule has 1 aromatic heterocycles. The van der Waals surface area contributed by atoms with Crippen LogP contribution in [-0.2, 0) is 20.8 Å². The average Bonchev–Trinajstić information content (AvgIpc) is 3.00. The van der Waals surface area contributed by atoms with Crippen molar-refractivity contribution in [3.63, 3.8) is 0 Å². The number of piperazine rings is 1. The summed E-state index contributed by atoms with van der Waals surface area (Å²) >= 11 is 0. The van der Waals surface area contributed by atoms with E-state index in [1.54, 1.807) is 19.2 Å². The van der Waals surface area contributed by atoms with Gasteiger partial charge in [-0.1, -0.05) is 6.58 Å². The van der Waals surface area contributed by atoms with Gasteiger partial charge in [-0.15, -0.1) is 0 Å². The second-order valence-electron chi connectivity index (χ2n) is 4.92. The van der Waals surface area contributed by atoms with Gasteiger partial charge in [-0.05, 0) is 12.1 Å². The van der Waals surface area contributed by atoms with Gasteiger partial charge < -0.3 is 14.6 Å². The zero-order valence-electron chi connectivity index (χ0n) is 12.5. The molecule has 1 aliphatic rings. The number of rotatable bonds is 5. The van der Waals surface area contributed by atoms with Crippen LogP contribution in [0.3, 0.4) is 0 Å². The number of nitrogens with one attached hydrogen (secondary N) is 1. The number of nitrogens with zero attached hydrogens (tertiary/aromatic N) is 2. The molecule has 3 amide bonds. The van der Waals surface area contributed by atoms with Gasteiger partial charge in [-0.25, -0.2) is 0 Å². The zero-order chi connectivity index (χ0) is 16.1. The summed E-state index contributed by atoms with van der Waals surface area (Å²) in [5.74, 6) is 0.580. The lowest BCUT2D eigenvalue weighted by atomic mass is 10.2. The minimum absolute atomic E-state index is 0.0130. The molecule has 1 fully saturated rings. The molecule has 0 unspecified atom stereocenters. The van der Waals surface area contributed by atoms with E-state index in [-0.39, 0.29) is 24.3 Å². The number of anilines is 1. The Morgan fingerprint density at radius 3 is 2.82 bits per heavy atom. The summed E-state index contributed by atoms with van der Waals surface area (Å²) in [6.45, 7) is 4.24. The molecule has 0 radical (unpaired) electrons. The highest BCUT2D eigenvalue weighted by atomic mass is 16.4. The minimum Gasteiger partial charge on any atom is -0.445 e. The molecule has 0 aliphatic carbocycles. The van der Waals surface area contributed by atoms with Crippen molar-refractivity contribution in [1.82, 2.24) is 10.2 Å². The van der Waals surface area contributed by atoms with Gasteiger partial charge in [0.2, 0.25) is 23.6 Å². The summed E-state index contributed by atoms with van der Waals surface area (Å²) in [5.41, 5.74) is 0. The molecule has 22 heavy (non-hydrogen) atoms. The molecule has 2 rings (SSSR count). The van der Waals surface area contributed by atoms with Gasteiger partial charge in [0.05, 0.1) is 0 Å². The van der Waals surface area contributed by atoms with Crippen molar-refractivity contribution < 1.29 is 18.8 Å². The number of aryl methyl sites for hydroxylation is 1. The van der Waals surface area contributed by atoms with Gasteiger partial charge in [0.15, 0.2) is 0 Å². The van der Waals surface area contributed by atoms with Gasteiger partial charge in [0.25, 0.3) is 0 Å². The largest absolute Gasteiger partial charge is 0.445 e. The average molecular weight is 305 g/mol. The predicted octanol–water partition coefficient (Wildman–Crippen LogP) is 0.319. The van der Waals surface area contributed by atoms with Crippen molar-refractivity contribution in [3.05, 3.63) is 30.5 Å². The van der Waals surface area contributed by atoms with Crippen LogP contribution < -0.4 is 10.2 Å². The number of carbonyl (C=O) groups is 3. The van der Waals surface area contributed by atoms with Crippen LogP contribution in [0.25, 0.3) is 0 Å². The molecule has 1 N–H and O–H groups in total. The lowest BCUT2D eigenvalue weighted by molar-refractivity contribution is -0.133. The highest BCUT2D eigenvalue weighted by Crippen LogP contribution is 2.21. The monoisotopic (exact) mass is 305 g/mol. The number of amides is 3. The first-order chi connectivity index (χ1) is 10.5. The molecule has 1 aliphatic heterocycles. The molecule has 1 aromatic rings. The Balaban J connectivity index is 1.97.